The molecule has 1 atom stereocenters. The Morgan fingerprint density at radius 2 is 1.89 bits per heavy atom. The minimum absolute atomic E-state index is 0.0409. The summed E-state index contributed by atoms with van der Waals surface area (Å²) in [5, 5.41) is 3.84. The summed E-state index contributed by atoms with van der Waals surface area (Å²) in [6.07, 6.45) is -2.29. The highest BCUT2D eigenvalue weighted by molar-refractivity contribution is 6.34. The highest BCUT2D eigenvalue weighted by atomic mass is 35.5. The number of anilines is 3. The number of amides is 2. The molecule has 2 aromatic rings. The molecule has 1 aromatic heterocycles. The number of hydrogen-bond acceptors (Lipinski definition) is 5. The lowest BCUT2D eigenvalue weighted by Crippen LogP contribution is -2.46. The van der Waals surface area contributed by atoms with Gasteiger partial charge in [-0.05, 0) is 69.5 Å². The second-order valence-electron chi connectivity index (χ2n) is 9.75. The summed E-state index contributed by atoms with van der Waals surface area (Å²) in [5.74, 6) is -0.542. The molecule has 0 bridgehead atoms. The first-order valence-electron chi connectivity index (χ1n) is 12.3. The van der Waals surface area contributed by atoms with Crippen LogP contribution in [0.15, 0.2) is 30.3 Å². The summed E-state index contributed by atoms with van der Waals surface area (Å²) in [7, 11) is 3.54. The molecule has 3 heterocycles. The quantitative estimate of drug-likeness (QED) is 0.581. The summed E-state index contributed by atoms with van der Waals surface area (Å²) in [6, 6.07) is 6.06. The first-order chi connectivity index (χ1) is 17.5. The number of hydrogen-bond donors (Lipinski definition) is 1. The van der Waals surface area contributed by atoms with Crippen molar-refractivity contribution in [2.75, 3.05) is 48.4 Å². The van der Waals surface area contributed by atoms with E-state index in [1.165, 1.54) is 11.8 Å². The molecule has 0 radical (unpaired) electrons. The maximum atomic E-state index is 13.7. The summed E-state index contributed by atoms with van der Waals surface area (Å²) in [6.45, 7) is 4.11. The number of benzene rings is 1. The Kier molecular flexibility index (Phi) is 7.99. The molecule has 200 valence electrons. The molecule has 1 aromatic carbocycles. The number of para-hydroxylation sites is 1. The van der Waals surface area contributed by atoms with Gasteiger partial charge in [0, 0.05) is 32.8 Å². The van der Waals surface area contributed by atoms with Crippen molar-refractivity contribution in [3.8, 4) is 0 Å². The zero-order valence-electron chi connectivity index (χ0n) is 21.1. The van der Waals surface area contributed by atoms with Gasteiger partial charge in [-0.1, -0.05) is 17.7 Å². The van der Waals surface area contributed by atoms with Gasteiger partial charge in [0.2, 0.25) is 11.8 Å². The predicted molar refractivity (Wildman–Crippen MR) is 138 cm³/mol. The number of carbonyl (C=O) groups is 2. The number of likely N-dealkylation sites (N-methyl/N-ethyl adjacent to an activating group) is 1. The molecule has 2 aliphatic heterocycles. The lowest BCUT2D eigenvalue weighted by molar-refractivity contribution is -0.137. The molecular weight excluding hydrogens is 507 g/mol. The monoisotopic (exact) mass is 537 g/mol. The largest absolute Gasteiger partial charge is 0.416 e. The number of alkyl halides is 3. The number of halogens is 4. The summed E-state index contributed by atoms with van der Waals surface area (Å²) in [5.41, 5.74) is 0.468. The highest BCUT2D eigenvalue weighted by Gasteiger charge is 2.41. The van der Waals surface area contributed by atoms with Gasteiger partial charge in [0.05, 0.1) is 22.0 Å². The molecule has 2 aliphatic rings. The molecule has 11 heteroatoms. The molecule has 37 heavy (non-hydrogen) atoms. The summed E-state index contributed by atoms with van der Waals surface area (Å²) < 4.78 is 40.3. The van der Waals surface area contributed by atoms with E-state index in [2.05, 4.69) is 10.3 Å². The van der Waals surface area contributed by atoms with E-state index >= 15 is 0 Å². The molecule has 0 spiro atoms. The van der Waals surface area contributed by atoms with Crippen LogP contribution in [0.1, 0.15) is 36.9 Å². The van der Waals surface area contributed by atoms with E-state index in [0.29, 0.717) is 22.3 Å². The number of nitrogens with zero attached hydrogens (tertiary/aromatic N) is 4. The molecular formula is C26H31ClF3N5O2. The number of pyridine rings is 1. The van der Waals surface area contributed by atoms with E-state index in [-0.39, 0.29) is 24.4 Å². The van der Waals surface area contributed by atoms with E-state index in [4.69, 9.17) is 11.6 Å². The van der Waals surface area contributed by atoms with Crippen LogP contribution in [0.4, 0.5) is 30.4 Å². The fraction of sp³-hybridized carbons (Fsp3) is 0.500. The van der Waals surface area contributed by atoms with Gasteiger partial charge in [-0.25, -0.2) is 4.98 Å². The Morgan fingerprint density at radius 3 is 2.57 bits per heavy atom. The van der Waals surface area contributed by atoms with Gasteiger partial charge in [0.15, 0.2) is 0 Å². The van der Waals surface area contributed by atoms with Crippen molar-refractivity contribution in [3.05, 3.63) is 46.6 Å². The van der Waals surface area contributed by atoms with Crippen LogP contribution in [-0.4, -0.2) is 56.6 Å². The SMILES string of the molecule is Cc1cc(C(F)(F)F)cc(N2C(=O)CCC2C(=O)N(C)c2cccc(Cl)c2N(C)CC2CCNCC2)n1. The normalized spacial score (nSPS) is 18.8. The van der Waals surface area contributed by atoms with E-state index in [0.717, 1.165) is 49.5 Å². The Hall–Kier alpha value is -2.85. The molecule has 0 saturated carbocycles. The molecule has 2 amide bonds. The van der Waals surface area contributed by atoms with Crippen LogP contribution in [0.25, 0.3) is 0 Å². The Balaban J connectivity index is 1.63. The van der Waals surface area contributed by atoms with E-state index in [1.807, 2.05) is 11.9 Å². The van der Waals surface area contributed by atoms with Gasteiger partial charge in [-0.2, -0.15) is 13.2 Å². The van der Waals surface area contributed by atoms with Gasteiger partial charge in [0.25, 0.3) is 0 Å². The van der Waals surface area contributed by atoms with E-state index in [1.54, 1.807) is 25.2 Å². The molecule has 7 nitrogen and oxygen atoms in total. The number of aryl methyl sites for hydroxylation is 1. The van der Waals surface area contributed by atoms with Gasteiger partial charge in [-0.3, -0.25) is 14.5 Å². The van der Waals surface area contributed by atoms with Gasteiger partial charge >= 0.3 is 6.18 Å². The zero-order chi connectivity index (χ0) is 26.9. The Labute approximate surface area is 219 Å². The third-order valence-corrected chi connectivity index (χ3v) is 7.35. The van der Waals surface area contributed by atoms with Gasteiger partial charge < -0.3 is 15.1 Å². The molecule has 1 N–H and O–H groups in total. The van der Waals surface area contributed by atoms with E-state index in [9.17, 15) is 22.8 Å². The van der Waals surface area contributed by atoms with Crippen molar-refractivity contribution < 1.29 is 22.8 Å². The summed E-state index contributed by atoms with van der Waals surface area (Å²) in [4.78, 5) is 35.3. The summed E-state index contributed by atoms with van der Waals surface area (Å²) >= 11 is 6.60. The molecule has 2 saturated heterocycles. The number of nitrogens with one attached hydrogen (secondary N) is 1. The number of aromatic nitrogens is 1. The van der Waals surface area contributed by atoms with Crippen molar-refractivity contribution in [1.82, 2.24) is 10.3 Å². The van der Waals surface area contributed by atoms with Gasteiger partial charge in [0.1, 0.15) is 11.9 Å². The smallest absolute Gasteiger partial charge is 0.371 e. The van der Waals surface area contributed by atoms with Crippen LogP contribution in [0, 0.1) is 12.8 Å². The van der Waals surface area contributed by atoms with Crippen molar-refractivity contribution in [2.45, 2.75) is 44.8 Å². The second-order valence-corrected chi connectivity index (χ2v) is 10.2. The average Bonchev–Trinajstić information content (AvgIpc) is 3.23. The third kappa shape index (κ3) is 5.85. The average molecular weight is 538 g/mol. The number of carbonyl (C=O) groups excluding carboxylic acids is 2. The maximum absolute atomic E-state index is 13.7. The van der Waals surface area contributed by atoms with Crippen molar-refractivity contribution in [2.24, 2.45) is 5.92 Å². The number of piperidine rings is 1. The van der Waals surface area contributed by atoms with Crippen LogP contribution in [-0.2, 0) is 15.8 Å². The topological polar surface area (TPSA) is 68.8 Å². The number of rotatable bonds is 6. The van der Waals surface area contributed by atoms with Crippen molar-refractivity contribution in [3.63, 3.8) is 0 Å². The Bertz CT molecular complexity index is 1170. The van der Waals surface area contributed by atoms with Gasteiger partial charge in [-0.15, -0.1) is 0 Å². The maximum Gasteiger partial charge on any atom is 0.416 e. The first-order valence-corrected chi connectivity index (χ1v) is 12.7. The van der Waals surface area contributed by atoms with Crippen LogP contribution >= 0.6 is 11.6 Å². The third-order valence-electron chi connectivity index (χ3n) is 7.04. The van der Waals surface area contributed by atoms with Crippen LogP contribution in [0.2, 0.25) is 5.02 Å². The van der Waals surface area contributed by atoms with Crippen LogP contribution in [0.3, 0.4) is 0 Å². The first kappa shape index (κ1) is 27.2. The van der Waals surface area contributed by atoms with Crippen LogP contribution in [0.5, 0.6) is 0 Å². The van der Waals surface area contributed by atoms with E-state index < -0.39 is 29.6 Å². The molecule has 4 rings (SSSR count). The zero-order valence-corrected chi connectivity index (χ0v) is 21.9. The lowest BCUT2D eigenvalue weighted by atomic mass is 9.97. The van der Waals surface area contributed by atoms with Crippen molar-refractivity contribution >= 4 is 40.6 Å². The highest BCUT2D eigenvalue weighted by Crippen LogP contribution is 2.38. The lowest BCUT2D eigenvalue weighted by Gasteiger charge is -2.33. The van der Waals surface area contributed by atoms with Crippen molar-refractivity contribution in [1.29, 1.82) is 0 Å². The molecule has 1 unspecified atom stereocenters. The van der Waals surface area contributed by atoms with Crippen LogP contribution < -0.4 is 20.0 Å². The Morgan fingerprint density at radius 1 is 1.19 bits per heavy atom. The minimum Gasteiger partial charge on any atom is -0.371 e. The predicted octanol–water partition coefficient (Wildman–Crippen LogP) is 4.66. The fourth-order valence-electron chi connectivity index (χ4n) is 5.18. The fourth-order valence-corrected chi connectivity index (χ4v) is 5.49. The second kappa shape index (κ2) is 10.9. The minimum atomic E-state index is -4.60. The molecule has 2 fully saturated rings. The molecule has 0 aliphatic carbocycles. The standard InChI is InChI=1S/C26H31ClF3N5O2/c1-16-13-18(26(28,29)30)14-22(32-16)35-21(7-8-23(35)36)25(37)34(3)20-6-4-5-19(27)24(20)33(2)15-17-9-11-31-12-10-17/h4-6,13-14,17,21,31H,7-12,15H2,1-3H3.